The minimum absolute atomic E-state index is 0.256. The fraction of sp³-hybridized carbons (Fsp3) is 0.625. The molecule has 0 aromatic heterocycles. The molecule has 3 nitrogen and oxygen atoms in total. The predicted molar refractivity (Wildman–Crippen MR) is 79.5 cm³/mol. The van der Waals surface area contributed by atoms with Gasteiger partial charge in [0.2, 0.25) is 0 Å². The second-order valence-corrected chi connectivity index (χ2v) is 5.22. The molecule has 0 bridgehead atoms. The summed E-state index contributed by atoms with van der Waals surface area (Å²) in [4.78, 5) is 0. The molecule has 0 amide bonds. The van der Waals surface area contributed by atoms with Crippen LogP contribution in [-0.2, 0) is 11.3 Å². The molecule has 20 heavy (non-hydrogen) atoms. The molecule has 1 N–H and O–H groups in total. The van der Waals surface area contributed by atoms with Crippen LogP contribution >= 0.6 is 0 Å². The molecule has 0 aliphatic heterocycles. The zero-order valence-electron chi connectivity index (χ0n) is 12.7. The van der Waals surface area contributed by atoms with Gasteiger partial charge in [-0.2, -0.15) is 0 Å². The maximum Gasteiger partial charge on any atom is 0.127 e. The molecule has 1 aromatic rings. The van der Waals surface area contributed by atoms with Gasteiger partial charge in [0.15, 0.2) is 0 Å². The topological polar surface area (TPSA) is 30.5 Å². The first-order valence-corrected chi connectivity index (χ1v) is 7.32. The molecule has 0 saturated carbocycles. The third kappa shape index (κ3) is 7.46. The highest BCUT2D eigenvalue weighted by atomic mass is 19.1. The van der Waals surface area contributed by atoms with Gasteiger partial charge in [0.05, 0.1) is 6.61 Å². The van der Waals surface area contributed by atoms with Crippen LogP contribution in [0.2, 0.25) is 0 Å². The Balaban J connectivity index is 2.40. The first kappa shape index (κ1) is 16.9. The number of ether oxygens (including phenoxy) is 2. The van der Waals surface area contributed by atoms with Gasteiger partial charge >= 0.3 is 0 Å². The largest absolute Gasteiger partial charge is 0.493 e. The van der Waals surface area contributed by atoms with Crippen LogP contribution in [0.15, 0.2) is 18.2 Å². The van der Waals surface area contributed by atoms with E-state index < -0.39 is 0 Å². The van der Waals surface area contributed by atoms with Crippen LogP contribution in [0.4, 0.5) is 4.39 Å². The van der Waals surface area contributed by atoms with Gasteiger partial charge in [-0.05, 0) is 37.1 Å². The lowest BCUT2D eigenvalue weighted by Gasteiger charge is -2.10. The van der Waals surface area contributed by atoms with Crippen molar-refractivity contribution >= 4 is 0 Å². The summed E-state index contributed by atoms with van der Waals surface area (Å²) >= 11 is 0. The van der Waals surface area contributed by atoms with Gasteiger partial charge in [0.1, 0.15) is 11.6 Å². The SMILES string of the molecule is CCOCCCOc1cc(F)cc(CNCC(C)C)c1. The van der Waals surface area contributed by atoms with Crippen LogP contribution in [-0.4, -0.2) is 26.4 Å². The van der Waals surface area contributed by atoms with Crippen LogP contribution < -0.4 is 10.1 Å². The van der Waals surface area contributed by atoms with Crippen molar-refractivity contribution < 1.29 is 13.9 Å². The van der Waals surface area contributed by atoms with Crippen LogP contribution in [0.5, 0.6) is 5.75 Å². The van der Waals surface area contributed by atoms with E-state index in [0.717, 1.165) is 18.5 Å². The summed E-state index contributed by atoms with van der Waals surface area (Å²) in [5, 5.41) is 3.30. The lowest BCUT2D eigenvalue weighted by Crippen LogP contribution is -2.19. The van der Waals surface area contributed by atoms with Crippen molar-refractivity contribution in [3.05, 3.63) is 29.6 Å². The Morgan fingerprint density at radius 2 is 2.00 bits per heavy atom. The first-order valence-electron chi connectivity index (χ1n) is 7.32. The zero-order chi connectivity index (χ0) is 14.8. The van der Waals surface area contributed by atoms with Crippen molar-refractivity contribution in [1.82, 2.24) is 5.32 Å². The van der Waals surface area contributed by atoms with E-state index in [2.05, 4.69) is 19.2 Å². The third-order valence-electron chi connectivity index (χ3n) is 2.72. The Hall–Kier alpha value is -1.13. The van der Waals surface area contributed by atoms with E-state index in [4.69, 9.17) is 9.47 Å². The molecule has 0 heterocycles. The number of nitrogens with one attached hydrogen (secondary N) is 1. The summed E-state index contributed by atoms with van der Waals surface area (Å²) in [6.07, 6.45) is 0.811. The van der Waals surface area contributed by atoms with Crippen molar-refractivity contribution in [2.75, 3.05) is 26.4 Å². The van der Waals surface area contributed by atoms with Gasteiger partial charge in [0, 0.05) is 32.2 Å². The van der Waals surface area contributed by atoms with Gasteiger partial charge in [-0.1, -0.05) is 13.8 Å². The average molecular weight is 283 g/mol. The number of hydrogen-bond donors (Lipinski definition) is 1. The van der Waals surface area contributed by atoms with Gasteiger partial charge in [-0.25, -0.2) is 4.39 Å². The van der Waals surface area contributed by atoms with Crippen molar-refractivity contribution in [3.8, 4) is 5.75 Å². The number of halogens is 1. The number of hydrogen-bond acceptors (Lipinski definition) is 3. The van der Waals surface area contributed by atoms with Gasteiger partial charge in [0.25, 0.3) is 0 Å². The van der Waals surface area contributed by atoms with Gasteiger partial charge in [-0.15, -0.1) is 0 Å². The standard InChI is InChI=1S/C16H26FNO2/c1-4-19-6-5-7-20-16-9-14(8-15(17)10-16)12-18-11-13(2)3/h8-10,13,18H,4-7,11-12H2,1-3H3. The van der Waals surface area contributed by atoms with E-state index in [1.54, 1.807) is 6.07 Å². The van der Waals surface area contributed by atoms with Crippen LogP contribution in [0.1, 0.15) is 32.8 Å². The summed E-state index contributed by atoms with van der Waals surface area (Å²) in [7, 11) is 0. The fourth-order valence-electron chi connectivity index (χ4n) is 1.81. The fourth-order valence-corrected chi connectivity index (χ4v) is 1.81. The maximum absolute atomic E-state index is 13.5. The summed E-state index contributed by atoms with van der Waals surface area (Å²) in [6, 6.07) is 4.85. The molecule has 114 valence electrons. The molecule has 0 saturated heterocycles. The molecule has 0 fully saturated rings. The second kappa shape index (κ2) is 9.72. The summed E-state index contributed by atoms with van der Waals surface area (Å²) in [5.41, 5.74) is 0.908. The lowest BCUT2D eigenvalue weighted by atomic mass is 10.2. The van der Waals surface area contributed by atoms with Crippen LogP contribution in [0.25, 0.3) is 0 Å². The van der Waals surface area contributed by atoms with E-state index in [-0.39, 0.29) is 5.82 Å². The Labute approximate surface area is 121 Å². The highest BCUT2D eigenvalue weighted by Crippen LogP contribution is 2.16. The quantitative estimate of drug-likeness (QED) is 0.668. The summed E-state index contributed by atoms with van der Waals surface area (Å²) in [5.74, 6) is 0.911. The molecular formula is C16H26FNO2. The summed E-state index contributed by atoms with van der Waals surface area (Å²) < 4.78 is 24.3. The molecule has 0 unspecified atom stereocenters. The Bertz CT molecular complexity index is 383. The van der Waals surface area contributed by atoms with E-state index in [9.17, 15) is 4.39 Å². The van der Waals surface area contributed by atoms with Crippen LogP contribution in [0.3, 0.4) is 0 Å². The van der Waals surface area contributed by atoms with Crippen LogP contribution in [0, 0.1) is 11.7 Å². The predicted octanol–water partition coefficient (Wildman–Crippen LogP) is 3.38. The molecule has 1 rings (SSSR count). The Morgan fingerprint density at radius 3 is 2.70 bits per heavy atom. The first-order chi connectivity index (χ1) is 9.61. The lowest BCUT2D eigenvalue weighted by molar-refractivity contribution is 0.131. The maximum atomic E-state index is 13.5. The molecule has 0 aliphatic carbocycles. The molecule has 0 spiro atoms. The van der Waals surface area contributed by atoms with Gasteiger partial charge < -0.3 is 14.8 Å². The molecule has 4 heteroatoms. The monoisotopic (exact) mass is 283 g/mol. The molecule has 0 aliphatic rings. The van der Waals surface area contributed by atoms with E-state index in [0.29, 0.717) is 38.0 Å². The highest BCUT2D eigenvalue weighted by molar-refractivity contribution is 5.29. The van der Waals surface area contributed by atoms with E-state index in [1.165, 1.54) is 6.07 Å². The molecular weight excluding hydrogens is 257 g/mol. The summed E-state index contributed by atoms with van der Waals surface area (Å²) in [6.45, 7) is 9.76. The van der Waals surface area contributed by atoms with Crippen molar-refractivity contribution in [2.45, 2.75) is 33.7 Å². The minimum Gasteiger partial charge on any atom is -0.493 e. The van der Waals surface area contributed by atoms with E-state index in [1.807, 2.05) is 13.0 Å². The highest BCUT2D eigenvalue weighted by Gasteiger charge is 2.03. The molecule has 1 aromatic carbocycles. The average Bonchev–Trinajstić information content (AvgIpc) is 2.37. The Morgan fingerprint density at radius 1 is 1.20 bits per heavy atom. The number of benzene rings is 1. The van der Waals surface area contributed by atoms with Crippen molar-refractivity contribution in [1.29, 1.82) is 0 Å². The molecule has 0 radical (unpaired) electrons. The number of rotatable bonds is 10. The van der Waals surface area contributed by atoms with Crippen molar-refractivity contribution in [3.63, 3.8) is 0 Å². The second-order valence-electron chi connectivity index (χ2n) is 5.22. The van der Waals surface area contributed by atoms with E-state index >= 15 is 0 Å². The third-order valence-corrected chi connectivity index (χ3v) is 2.72. The zero-order valence-corrected chi connectivity index (χ0v) is 12.7. The Kier molecular flexibility index (Phi) is 8.23. The molecule has 0 atom stereocenters. The van der Waals surface area contributed by atoms with Crippen molar-refractivity contribution in [2.24, 2.45) is 5.92 Å². The normalized spacial score (nSPS) is 11.1. The minimum atomic E-state index is -0.256. The smallest absolute Gasteiger partial charge is 0.127 e. The van der Waals surface area contributed by atoms with Gasteiger partial charge in [-0.3, -0.25) is 0 Å².